The van der Waals surface area contributed by atoms with Gasteiger partial charge in [0.25, 0.3) is 0 Å². The summed E-state index contributed by atoms with van der Waals surface area (Å²) in [7, 11) is 0. The van der Waals surface area contributed by atoms with Crippen molar-refractivity contribution in [3.05, 3.63) is 29.6 Å². The maximum absolute atomic E-state index is 10.8. The van der Waals surface area contributed by atoms with Gasteiger partial charge in [-0.25, -0.2) is 4.79 Å². The van der Waals surface area contributed by atoms with Gasteiger partial charge < -0.3 is 10.2 Å². The van der Waals surface area contributed by atoms with Gasteiger partial charge in [0.2, 0.25) is 0 Å². The van der Waals surface area contributed by atoms with Crippen molar-refractivity contribution < 1.29 is 15.0 Å². The fourth-order valence-corrected chi connectivity index (χ4v) is 2.60. The monoisotopic (exact) mass is 264 g/mol. The molecule has 0 radical (unpaired) electrons. The van der Waals surface area contributed by atoms with Gasteiger partial charge in [0.15, 0.2) is 0 Å². The van der Waals surface area contributed by atoms with E-state index in [9.17, 15) is 4.79 Å². The molecule has 1 aliphatic heterocycles. The second-order valence-corrected chi connectivity index (χ2v) is 4.98. The molecule has 2 N–H and O–H groups in total. The van der Waals surface area contributed by atoms with Crippen molar-refractivity contribution in [3.63, 3.8) is 0 Å². The quantitative estimate of drug-likeness (QED) is 0.843. The molecule has 0 saturated carbocycles. The van der Waals surface area contributed by atoms with E-state index < -0.39 is 5.97 Å². The Bertz CT molecular complexity index is 417. The summed E-state index contributed by atoms with van der Waals surface area (Å²) in [5.74, 6) is -0.949. The number of piperidine rings is 1. The number of carboxylic acid groups (broad SMARTS) is 1. The predicted octanol–water partition coefficient (Wildman–Crippen LogP) is 1.52. The molecule has 0 spiro atoms. The number of aliphatic hydroxyl groups is 1. The molecule has 19 heavy (non-hydrogen) atoms. The van der Waals surface area contributed by atoms with Crippen LogP contribution in [0.5, 0.6) is 0 Å². The van der Waals surface area contributed by atoms with Crippen LogP contribution in [0, 0.1) is 0 Å². The highest BCUT2D eigenvalue weighted by Gasteiger charge is 2.22. The van der Waals surface area contributed by atoms with Crippen LogP contribution in [0.2, 0.25) is 0 Å². The van der Waals surface area contributed by atoms with E-state index in [1.165, 1.54) is 19.0 Å². The van der Waals surface area contributed by atoms with Gasteiger partial charge in [-0.2, -0.15) is 0 Å². The van der Waals surface area contributed by atoms with Crippen LogP contribution >= 0.6 is 0 Å². The molecule has 1 aromatic rings. The van der Waals surface area contributed by atoms with E-state index in [1.54, 1.807) is 12.1 Å². The van der Waals surface area contributed by atoms with Crippen molar-refractivity contribution in [3.8, 4) is 0 Å². The van der Waals surface area contributed by atoms with Crippen LogP contribution in [-0.2, 0) is 6.54 Å². The van der Waals surface area contributed by atoms with Crippen LogP contribution in [0.3, 0.4) is 0 Å². The molecule has 5 nitrogen and oxygen atoms in total. The van der Waals surface area contributed by atoms with Gasteiger partial charge in [0, 0.05) is 25.4 Å². The number of rotatable bonds is 5. The maximum atomic E-state index is 10.8. The minimum absolute atomic E-state index is 0.215. The molecular weight excluding hydrogens is 244 g/mol. The summed E-state index contributed by atoms with van der Waals surface area (Å²) >= 11 is 0. The van der Waals surface area contributed by atoms with Crippen LogP contribution in [0.25, 0.3) is 0 Å². The number of aromatic nitrogens is 1. The standard InChI is InChI=1S/C14H20N2O3/c17-8-6-13-3-1-2-7-16(13)10-12-5-4-11(9-15-12)14(18)19/h4-5,9,13,17H,1-3,6-8,10H2,(H,18,19)/t13-/m1/s1. The average Bonchev–Trinajstić information content (AvgIpc) is 2.42. The molecule has 0 bridgehead atoms. The fourth-order valence-electron chi connectivity index (χ4n) is 2.60. The van der Waals surface area contributed by atoms with Crippen molar-refractivity contribution in [2.24, 2.45) is 0 Å². The number of carboxylic acids is 1. The smallest absolute Gasteiger partial charge is 0.337 e. The Morgan fingerprint density at radius 2 is 2.26 bits per heavy atom. The second kappa shape index (κ2) is 6.63. The molecule has 2 heterocycles. The first-order valence-electron chi connectivity index (χ1n) is 6.74. The Morgan fingerprint density at radius 1 is 1.42 bits per heavy atom. The highest BCUT2D eigenvalue weighted by molar-refractivity contribution is 5.87. The minimum Gasteiger partial charge on any atom is -0.478 e. The lowest BCUT2D eigenvalue weighted by Crippen LogP contribution is -2.39. The molecule has 0 aliphatic carbocycles. The van der Waals surface area contributed by atoms with Gasteiger partial charge in [-0.05, 0) is 37.9 Å². The van der Waals surface area contributed by atoms with Crippen molar-refractivity contribution in [1.29, 1.82) is 0 Å². The van der Waals surface area contributed by atoms with E-state index in [-0.39, 0.29) is 12.2 Å². The molecular formula is C14H20N2O3. The lowest BCUT2D eigenvalue weighted by atomic mass is 9.99. The summed E-state index contributed by atoms with van der Waals surface area (Å²) in [5, 5.41) is 17.9. The van der Waals surface area contributed by atoms with Crippen LogP contribution in [0.4, 0.5) is 0 Å². The van der Waals surface area contributed by atoms with Gasteiger partial charge in [0.05, 0.1) is 11.3 Å². The molecule has 0 amide bonds. The first-order valence-corrected chi connectivity index (χ1v) is 6.74. The first-order chi connectivity index (χ1) is 9.20. The van der Waals surface area contributed by atoms with Crippen LogP contribution in [-0.4, -0.2) is 45.3 Å². The van der Waals surface area contributed by atoms with Crippen molar-refractivity contribution in [1.82, 2.24) is 9.88 Å². The van der Waals surface area contributed by atoms with Crippen molar-refractivity contribution in [2.75, 3.05) is 13.2 Å². The third-order valence-corrected chi connectivity index (χ3v) is 3.65. The summed E-state index contributed by atoms with van der Waals surface area (Å²) in [4.78, 5) is 17.3. The molecule has 2 rings (SSSR count). The number of carbonyl (C=O) groups is 1. The Labute approximate surface area is 112 Å². The lowest BCUT2D eigenvalue weighted by Gasteiger charge is -2.35. The number of aromatic carboxylic acids is 1. The lowest BCUT2D eigenvalue weighted by molar-refractivity contribution is 0.0696. The third kappa shape index (κ3) is 3.75. The fraction of sp³-hybridized carbons (Fsp3) is 0.571. The number of likely N-dealkylation sites (tertiary alicyclic amines) is 1. The van der Waals surface area contributed by atoms with Gasteiger partial charge in [0.1, 0.15) is 0 Å². The number of hydrogen-bond acceptors (Lipinski definition) is 4. The largest absolute Gasteiger partial charge is 0.478 e. The molecule has 1 aromatic heterocycles. The van der Waals surface area contributed by atoms with Crippen molar-refractivity contribution >= 4 is 5.97 Å². The first kappa shape index (κ1) is 14.0. The molecule has 0 unspecified atom stereocenters. The van der Waals surface area contributed by atoms with Crippen LogP contribution < -0.4 is 0 Å². The van der Waals surface area contributed by atoms with Gasteiger partial charge in [-0.1, -0.05) is 6.42 Å². The Morgan fingerprint density at radius 3 is 2.89 bits per heavy atom. The Balaban J connectivity index is 2.00. The zero-order valence-corrected chi connectivity index (χ0v) is 11.0. The molecule has 1 aliphatic rings. The molecule has 0 aromatic carbocycles. The van der Waals surface area contributed by atoms with Gasteiger partial charge >= 0.3 is 5.97 Å². The molecule has 104 valence electrons. The zero-order chi connectivity index (χ0) is 13.7. The molecule has 5 heteroatoms. The zero-order valence-electron chi connectivity index (χ0n) is 11.0. The summed E-state index contributed by atoms with van der Waals surface area (Å²) in [6, 6.07) is 3.78. The summed E-state index contributed by atoms with van der Waals surface area (Å²) < 4.78 is 0. The van der Waals surface area contributed by atoms with Crippen LogP contribution in [0.15, 0.2) is 18.3 Å². The molecule has 1 atom stereocenters. The number of nitrogens with zero attached hydrogens (tertiary/aromatic N) is 2. The highest BCUT2D eigenvalue weighted by atomic mass is 16.4. The van der Waals surface area contributed by atoms with Crippen molar-refractivity contribution in [2.45, 2.75) is 38.3 Å². The second-order valence-electron chi connectivity index (χ2n) is 4.98. The Hall–Kier alpha value is -1.46. The van der Waals surface area contributed by atoms with E-state index >= 15 is 0 Å². The summed E-state index contributed by atoms with van der Waals surface area (Å²) in [5.41, 5.74) is 1.10. The van der Waals surface area contributed by atoms with E-state index in [0.717, 1.165) is 31.6 Å². The number of hydrogen-bond donors (Lipinski definition) is 2. The van der Waals surface area contributed by atoms with Gasteiger partial charge in [-0.3, -0.25) is 9.88 Å². The van der Waals surface area contributed by atoms with E-state index in [2.05, 4.69) is 9.88 Å². The van der Waals surface area contributed by atoms with Crippen LogP contribution in [0.1, 0.15) is 41.7 Å². The summed E-state index contributed by atoms with van der Waals surface area (Å²) in [6.45, 7) is 1.96. The number of pyridine rings is 1. The predicted molar refractivity (Wildman–Crippen MR) is 70.9 cm³/mol. The minimum atomic E-state index is -0.949. The normalized spacial score (nSPS) is 20.4. The van der Waals surface area contributed by atoms with E-state index in [4.69, 9.17) is 10.2 Å². The maximum Gasteiger partial charge on any atom is 0.337 e. The topological polar surface area (TPSA) is 73.7 Å². The highest BCUT2D eigenvalue weighted by Crippen LogP contribution is 2.21. The SMILES string of the molecule is O=C(O)c1ccc(CN2CCCC[C@@H]2CCO)nc1. The molecule has 1 fully saturated rings. The summed E-state index contributed by atoms with van der Waals surface area (Å²) in [6.07, 6.45) is 5.71. The molecule has 1 saturated heterocycles. The van der Waals surface area contributed by atoms with E-state index in [0.29, 0.717) is 6.04 Å². The third-order valence-electron chi connectivity index (χ3n) is 3.65. The average molecular weight is 264 g/mol. The van der Waals surface area contributed by atoms with E-state index in [1.807, 2.05) is 0 Å². The number of aliphatic hydroxyl groups excluding tert-OH is 1. The Kier molecular flexibility index (Phi) is 4.87. The van der Waals surface area contributed by atoms with Gasteiger partial charge in [-0.15, -0.1) is 0 Å².